The van der Waals surface area contributed by atoms with Crippen molar-refractivity contribution < 1.29 is 0 Å². The summed E-state index contributed by atoms with van der Waals surface area (Å²) >= 11 is 0. The van der Waals surface area contributed by atoms with Gasteiger partial charge in [0.25, 0.3) is 0 Å². The van der Waals surface area contributed by atoms with Crippen molar-refractivity contribution in [2.45, 2.75) is 47.5 Å². The van der Waals surface area contributed by atoms with Gasteiger partial charge in [0.1, 0.15) is 0 Å². The number of nitrogens with one attached hydrogen (secondary N) is 1. The Bertz CT molecular complexity index is 110. The van der Waals surface area contributed by atoms with Gasteiger partial charge in [0.05, 0.1) is 0 Å². The van der Waals surface area contributed by atoms with Crippen molar-refractivity contribution in [1.82, 2.24) is 5.32 Å². The minimum absolute atomic E-state index is 0.530. The van der Waals surface area contributed by atoms with Crippen LogP contribution in [0.5, 0.6) is 0 Å². The van der Waals surface area contributed by atoms with Crippen molar-refractivity contribution in [3.05, 3.63) is 0 Å². The van der Waals surface area contributed by atoms with Crippen molar-refractivity contribution in [2.75, 3.05) is 13.1 Å². The van der Waals surface area contributed by atoms with Crippen molar-refractivity contribution in [2.24, 2.45) is 11.3 Å². The highest BCUT2D eigenvalue weighted by molar-refractivity contribution is 4.76. The van der Waals surface area contributed by atoms with Crippen LogP contribution in [-0.2, 0) is 0 Å². The average molecular weight is 171 g/mol. The zero-order valence-corrected chi connectivity index (χ0v) is 9.41. The lowest BCUT2D eigenvalue weighted by Gasteiger charge is -2.32. The summed E-state index contributed by atoms with van der Waals surface area (Å²) < 4.78 is 0. The lowest BCUT2D eigenvalue weighted by atomic mass is 9.74. The van der Waals surface area contributed by atoms with Gasteiger partial charge in [0, 0.05) is 0 Å². The standard InChI is InChI=1S/C11H25N/c1-6-11(5,10(3)4)8-9-12-7-2/h10,12H,6-9H2,1-5H3. The zero-order chi connectivity index (χ0) is 9.61. The molecule has 1 unspecified atom stereocenters. The maximum Gasteiger partial charge on any atom is -0.00437 e. The number of hydrogen-bond donors (Lipinski definition) is 1. The second-order valence-corrected chi connectivity index (χ2v) is 4.27. The highest BCUT2D eigenvalue weighted by atomic mass is 14.8. The fraction of sp³-hybridized carbons (Fsp3) is 1.00. The fourth-order valence-electron chi connectivity index (χ4n) is 1.42. The van der Waals surface area contributed by atoms with Crippen LogP contribution in [0.4, 0.5) is 0 Å². The Kier molecular flexibility index (Phi) is 5.56. The van der Waals surface area contributed by atoms with Gasteiger partial charge < -0.3 is 5.32 Å². The van der Waals surface area contributed by atoms with E-state index in [1.165, 1.54) is 19.4 Å². The molecule has 0 amide bonds. The van der Waals surface area contributed by atoms with Gasteiger partial charge in [-0.25, -0.2) is 0 Å². The molecule has 1 nitrogen and oxygen atoms in total. The Morgan fingerprint density at radius 1 is 1.25 bits per heavy atom. The first-order valence-corrected chi connectivity index (χ1v) is 5.27. The molecule has 0 spiro atoms. The Morgan fingerprint density at radius 3 is 2.17 bits per heavy atom. The molecule has 0 saturated heterocycles. The summed E-state index contributed by atoms with van der Waals surface area (Å²) in [6.45, 7) is 13.8. The van der Waals surface area contributed by atoms with Crippen LogP contribution in [0.25, 0.3) is 0 Å². The molecule has 1 N–H and O–H groups in total. The first-order chi connectivity index (χ1) is 5.56. The first-order valence-electron chi connectivity index (χ1n) is 5.27. The molecule has 0 bridgehead atoms. The smallest absolute Gasteiger partial charge is 0.00437 e. The van der Waals surface area contributed by atoms with Gasteiger partial charge in [-0.05, 0) is 30.8 Å². The summed E-state index contributed by atoms with van der Waals surface area (Å²) in [6.07, 6.45) is 2.59. The van der Waals surface area contributed by atoms with Crippen molar-refractivity contribution in [1.29, 1.82) is 0 Å². The predicted octanol–water partition coefficient (Wildman–Crippen LogP) is 3.06. The highest BCUT2D eigenvalue weighted by Crippen LogP contribution is 2.33. The fourth-order valence-corrected chi connectivity index (χ4v) is 1.42. The zero-order valence-electron chi connectivity index (χ0n) is 9.41. The average Bonchev–Trinajstić information content (AvgIpc) is 2.04. The molecule has 0 aliphatic heterocycles. The van der Waals surface area contributed by atoms with Crippen LogP contribution in [-0.4, -0.2) is 13.1 Å². The summed E-state index contributed by atoms with van der Waals surface area (Å²) in [5.41, 5.74) is 0.530. The molecule has 0 aromatic heterocycles. The summed E-state index contributed by atoms with van der Waals surface area (Å²) in [5, 5.41) is 3.39. The normalized spacial score (nSPS) is 16.5. The molecule has 0 radical (unpaired) electrons. The molecule has 0 rings (SSSR count). The molecule has 74 valence electrons. The van der Waals surface area contributed by atoms with E-state index in [-0.39, 0.29) is 0 Å². The van der Waals surface area contributed by atoms with E-state index < -0.39 is 0 Å². The Labute approximate surface area is 77.9 Å². The topological polar surface area (TPSA) is 12.0 Å². The van der Waals surface area contributed by atoms with Crippen LogP contribution < -0.4 is 5.32 Å². The third-order valence-corrected chi connectivity index (χ3v) is 3.32. The summed E-state index contributed by atoms with van der Waals surface area (Å²) in [4.78, 5) is 0. The van der Waals surface area contributed by atoms with E-state index in [1.807, 2.05) is 0 Å². The van der Waals surface area contributed by atoms with Crippen molar-refractivity contribution in [3.8, 4) is 0 Å². The maximum absolute atomic E-state index is 3.39. The SMILES string of the molecule is CCNCCC(C)(CC)C(C)C. The van der Waals surface area contributed by atoms with Gasteiger partial charge >= 0.3 is 0 Å². The largest absolute Gasteiger partial charge is 0.317 e. The number of rotatable bonds is 6. The number of hydrogen-bond acceptors (Lipinski definition) is 1. The van der Waals surface area contributed by atoms with Gasteiger partial charge in [-0.1, -0.05) is 41.0 Å². The quantitative estimate of drug-likeness (QED) is 0.606. The van der Waals surface area contributed by atoms with Gasteiger partial charge in [-0.2, -0.15) is 0 Å². The lowest BCUT2D eigenvalue weighted by Crippen LogP contribution is -2.28. The van der Waals surface area contributed by atoms with Crippen molar-refractivity contribution in [3.63, 3.8) is 0 Å². The second kappa shape index (κ2) is 5.58. The summed E-state index contributed by atoms with van der Waals surface area (Å²) in [5.74, 6) is 0.793. The van der Waals surface area contributed by atoms with E-state index in [0.29, 0.717) is 5.41 Å². The van der Waals surface area contributed by atoms with Gasteiger partial charge in [0.2, 0.25) is 0 Å². The molecular formula is C11H25N. The molecule has 1 heteroatoms. The monoisotopic (exact) mass is 171 g/mol. The molecule has 1 atom stereocenters. The molecule has 12 heavy (non-hydrogen) atoms. The second-order valence-electron chi connectivity index (χ2n) is 4.27. The van der Waals surface area contributed by atoms with Crippen LogP contribution in [0.1, 0.15) is 47.5 Å². The van der Waals surface area contributed by atoms with E-state index in [4.69, 9.17) is 0 Å². The molecule has 0 aromatic carbocycles. The van der Waals surface area contributed by atoms with E-state index in [0.717, 1.165) is 12.5 Å². The van der Waals surface area contributed by atoms with E-state index in [2.05, 4.69) is 39.9 Å². The third-order valence-electron chi connectivity index (χ3n) is 3.32. The first kappa shape index (κ1) is 12.0. The van der Waals surface area contributed by atoms with Crippen LogP contribution >= 0.6 is 0 Å². The van der Waals surface area contributed by atoms with Crippen LogP contribution in [0.3, 0.4) is 0 Å². The molecule has 0 saturated carbocycles. The molecule has 0 heterocycles. The van der Waals surface area contributed by atoms with E-state index >= 15 is 0 Å². The predicted molar refractivity (Wildman–Crippen MR) is 56.4 cm³/mol. The summed E-state index contributed by atoms with van der Waals surface area (Å²) in [7, 11) is 0. The highest BCUT2D eigenvalue weighted by Gasteiger charge is 2.24. The minimum atomic E-state index is 0.530. The van der Waals surface area contributed by atoms with E-state index in [1.54, 1.807) is 0 Å². The van der Waals surface area contributed by atoms with Crippen LogP contribution in [0.2, 0.25) is 0 Å². The van der Waals surface area contributed by atoms with Gasteiger partial charge in [-0.15, -0.1) is 0 Å². The van der Waals surface area contributed by atoms with Crippen LogP contribution in [0, 0.1) is 11.3 Å². The minimum Gasteiger partial charge on any atom is -0.317 e. The molecule has 0 aliphatic carbocycles. The third kappa shape index (κ3) is 3.57. The Morgan fingerprint density at radius 2 is 1.83 bits per heavy atom. The molecular weight excluding hydrogens is 146 g/mol. The van der Waals surface area contributed by atoms with Gasteiger partial charge in [-0.3, -0.25) is 0 Å². The molecule has 0 aliphatic rings. The maximum atomic E-state index is 3.39. The molecule has 0 aromatic rings. The molecule has 0 fully saturated rings. The Balaban J connectivity index is 3.80. The van der Waals surface area contributed by atoms with Crippen LogP contribution in [0.15, 0.2) is 0 Å². The lowest BCUT2D eigenvalue weighted by molar-refractivity contribution is 0.189. The van der Waals surface area contributed by atoms with Crippen molar-refractivity contribution >= 4 is 0 Å². The summed E-state index contributed by atoms with van der Waals surface area (Å²) in [6, 6.07) is 0. The van der Waals surface area contributed by atoms with E-state index in [9.17, 15) is 0 Å². The van der Waals surface area contributed by atoms with Gasteiger partial charge in [0.15, 0.2) is 0 Å². The Hall–Kier alpha value is -0.0400.